The monoisotopic (exact) mass is 519 g/mol. The van der Waals surface area contributed by atoms with E-state index in [1.165, 1.54) is 10.4 Å². The van der Waals surface area contributed by atoms with E-state index in [4.69, 9.17) is 23.2 Å². The summed E-state index contributed by atoms with van der Waals surface area (Å²) in [5.41, 5.74) is 2.41. The molecule has 8 nitrogen and oxygen atoms in total. The van der Waals surface area contributed by atoms with Crippen LogP contribution in [0.5, 0.6) is 0 Å². The molecule has 12 heteroatoms. The number of thiophene rings is 1. The first-order valence-corrected chi connectivity index (χ1v) is 13.2. The molecule has 2 aromatic rings. The van der Waals surface area contributed by atoms with Crippen LogP contribution in [0.2, 0.25) is 8.67 Å². The Kier molecular flexibility index (Phi) is 8.40. The van der Waals surface area contributed by atoms with Gasteiger partial charge in [-0.25, -0.2) is 13.2 Å². The third kappa shape index (κ3) is 6.33. The maximum atomic E-state index is 12.9. The van der Waals surface area contributed by atoms with Gasteiger partial charge in [-0.1, -0.05) is 23.2 Å². The van der Waals surface area contributed by atoms with E-state index in [9.17, 15) is 13.2 Å². The largest absolute Gasteiger partial charge is 0.337 e. The van der Waals surface area contributed by atoms with Gasteiger partial charge in [-0.05, 0) is 58.0 Å². The second-order valence-electron chi connectivity index (χ2n) is 7.80. The van der Waals surface area contributed by atoms with Crippen LogP contribution in [-0.4, -0.2) is 67.9 Å². The van der Waals surface area contributed by atoms with E-state index < -0.39 is 10.0 Å². The highest BCUT2D eigenvalue weighted by Gasteiger charge is 2.33. The molecule has 1 aliphatic rings. The van der Waals surface area contributed by atoms with E-state index in [0.29, 0.717) is 36.0 Å². The maximum Gasteiger partial charge on any atom is 0.319 e. The number of piperidine rings is 1. The number of rotatable bonds is 7. The lowest BCUT2D eigenvalue weighted by molar-refractivity contribution is 0.170. The number of pyridine rings is 1. The quantitative estimate of drug-likeness (QED) is 0.576. The lowest BCUT2D eigenvalue weighted by atomic mass is 10.1. The first-order chi connectivity index (χ1) is 15.1. The van der Waals surface area contributed by atoms with Crippen LogP contribution >= 0.6 is 34.5 Å². The van der Waals surface area contributed by atoms with Crippen molar-refractivity contribution in [2.75, 3.05) is 38.5 Å². The Morgan fingerprint density at radius 1 is 1.22 bits per heavy atom. The van der Waals surface area contributed by atoms with Crippen LogP contribution in [0.25, 0.3) is 0 Å². The number of aryl methyl sites for hydroxylation is 2. The molecule has 32 heavy (non-hydrogen) atoms. The Hall–Kier alpha value is -1.43. The number of nitrogens with one attached hydrogen (secondary N) is 2. The van der Waals surface area contributed by atoms with Crippen molar-refractivity contribution in [3.8, 4) is 0 Å². The standard InChI is InChI=1S/C20H27Cl2N5O3S2/c1-13-10-15(11-14(2)24-13)25-20(28)23-6-9-27-7-4-16(5-8-27)26(3)32(29,30)17-12-18(21)31-19(17)22/h10-12,16H,4-9H2,1-3H3,(H2,23,24,25,28). The molecule has 1 fully saturated rings. The molecule has 3 heterocycles. The van der Waals surface area contributed by atoms with Gasteiger partial charge in [-0.2, -0.15) is 4.31 Å². The first kappa shape index (κ1) is 25.2. The number of hydrogen-bond donors (Lipinski definition) is 2. The summed E-state index contributed by atoms with van der Waals surface area (Å²) >= 11 is 13.0. The molecule has 3 rings (SSSR count). The smallest absolute Gasteiger partial charge is 0.319 e. The Labute approximate surface area is 203 Å². The van der Waals surface area contributed by atoms with E-state index in [-0.39, 0.29) is 21.3 Å². The van der Waals surface area contributed by atoms with Gasteiger partial charge in [0.15, 0.2) is 0 Å². The summed E-state index contributed by atoms with van der Waals surface area (Å²) in [6, 6.07) is 4.67. The van der Waals surface area contributed by atoms with Crippen molar-refractivity contribution in [2.24, 2.45) is 0 Å². The minimum Gasteiger partial charge on any atom is -0.337 e. The third-order valence-corrected chi connectivity index (χ3v) is 9.07. The van der Waals surface area contributed by atoms with Gasteiger partial charge in [-0.3, -0.25) is 4.98 Å². The highest BCUT2D eigenvalue weighted by molar-refractivity contribution is 7.89. The van der Waals surface area contributed by atoms with E-state index in [2.05, 4.69) is 20.5 Å². The number of aromatic nitrogens is 1. The normalized spacial score (nSPS) is 15.8. The second kappa shape index (κ2) is 10.7. The summed E-state index contributed by atoms with van der Waals surface area (Å²) in [6.45, 7) is 6.44. The highest BCUT2D eigenvalue weighted by atomic mass is 35.5. The van der Waals surface area contributed by atoms with E-state index in [0.717, 1.165) is 35.8 Å². The van der Waals surface area contributed by atoms with E-state index in [1.807, 2.05) is 26.0 Å². The topological polar surface area (TPSA) is 94.6 Å². The highest BCUT2D eigenvalue weighted by Crippen LogP contribution is 2.36. The molecular weight excluding hydrogens is 493 g/mol. The van der Waals surface area contributed by atoms with Crippen LogP contribution < -0.4 is 10.6 Å². The van der Waals surface area contributed by atoms with Crippen LogP contribution in [0.1, 0.15) is 24.2 Å². The summed E-state index contributed by atoms with van der Waals surface area (Å²) in [7, 11) is -2.10. The fraction of sp³-hybridized carbons (Fsp3) is 0.500. The van der Waals surface area contributed by atoms with Crippen molar-refractivity contribution in [3.05, 3.63) is 38.3 Å². The van der Waals surface area contributed by atoms with Gasteiger partial charge in [-0.15, -0.1) is 11.3 Å². The van der Waals surface area contributed by atoms with Crippen molar-refractivity contribution in [2.45, 2.75) is 37.6 Å². The van der Waals surface area contributed by atoms with Crippen molar-refractivity contribution in [1.82, 2.24) is 19.5 Å². The Balaban J connectivity index is 1.43. The molecule has 0 radical (unpaired) electrons. The molecule has 0 bridgehead atoms. The number of amides is 2. The molecule has 0 aliphatic carbocycles. The summed E-state index contributed by atoms with van der Waals surface area (Å²) in [5, 5.41) is 5.68. The number of anilines is 1. The number of carbonyl (C=O) groups excluding carboxylic acids is 1. The number of hydrogen-bond acceptors (Lipinski definition) is 6. The number of sulfonamides is 1. The summed E-state index contributed by atoms with van der Waals surface area (Å²) < 4.78 is 27.7. The van der Waals surface area contributed by atoms with Gasteiger partial charge in [0.25, 0.3) is 0 Å². The van der Waals surface area contributed by atoms with Gasteiger partial charge < -0.3 is 15.5 Å². The zero-order valence-corrected chi connectivity index (χ0v) is 21.3. The number of nitrogens with zero attached hydrogens (tertiary/aromatic N) is 3. The maximum absolute atomic E-state index is 12.9. The number of likely N-dealkylation sites (tertiary alicyclic amines) is 1. The van der Waals surface area contributed by atoms with Crippen LogP contribution in [0.3, 0.4) is 0 Å². The molecular formula is C20H27Cl2N5O3S2. The predicted octanol–water partition coefficient (Wildman–Crippen LogP) is 3.97. The summed E-state index contributed by atoms with van der Waals surface area (Å²) in [4.78, 5) is 18.7. The number of urea groups is 1. The molecule has 1 saturated heterocycles. The third-order valence-electron chi connectivity index (χ3n) is 5.41. The van der Waals surface area contributed by atoms with Gasteiger partial charge in [0.1, 0.15) is 9.23 Å². The zero-order valence-electron chi connectivity index (χ0n) is 18.2. The van der Waals surface area contributed by atoms with Gasteiger partial charge >= 0.3 is 6.03 Å². The van der Waals surface area contributed by atoms with Crippen molar-refractivity contribution in [3.63, 3.8) is 0 Å². The molecule has 1 aliphatic heterocycles. The molecule has 2 amide bonds. The summed E-state index contributed by atoms with van der Waals surface area (Å²) in [5.74, 6) is 0. The van der Waals surface area contributed by atoms with Crippen LogP contribution in [0.4, 0.5) is 10.5 Å². The molecule has 0 atom stereocenters. The van der Waals surface area contributed by atoms with Gasteiger partial charge in [0.2, 0.25) is 10.0 Å². The molecule has 2 aromatic heterocycles. The lowest BCUT2D eigenvalue weighted by Gasteiger charge is -2.36. The zero-order chi connectivity index (χ0) is 23.5. The van der Waals surface area contributed by atoms with Crippen molar-refractivity contribution in [1.29, 1.82) is 0 Å². The SMILES string of the molecule is Cc1cc(NC(=O)NCCN2CCC(N(C)S(=O)(=O)c3cc(Cl)sc3Cl)CC2)cc(C)n1. The minimum atomic E-state index is -3.69. The fourth-order valence-corrected chi connectivity index (χ4v) is 7.29. The molecule has 176 valence electrons. The molecule has 0 aromatic carbocycles. The van der Waals surface area contributed by atoms with Gasteiger partial charge in [0.05, 0.1) is 4.34 Å². The van der Waals surface area contributed by atoms with Crippen LogP contribution in [-0.2, 0) is 10.0 Å². The lowest BCUT2D eigenvalue weighted by Crippen LogP contribution is -2.47. The molecule has 2 N–H and O–H groups in total. The average Bonchev–Trinajstić information content (AvgIpc) is 3.06. The van der Waals surface area contributed by atoms with E-state index in [1.54, 1.807) is 7.05 Å². The molecule has 0 unspecified atom stereocenters. The van der Waals surface area contributed by atoms with Crippen LogP contribution in [0, 0.1) is 13.8 Å². The second-order valence-corrected chi connectivity index (χ2v) is 12.1. The van der Waals surface area contributed by atoms with Crippen LogP contribution in [0.15, 0.2) is 23.1 Å². The number of carbonyl (C=O) groups is 1. The Morgan fingerprint density at radius 3 is 2.41 bits per heavy atom. The van der Waals surface area contributed by atoms with Gasteiger partial charge in [0, 0.05) is 43.3 Å². The summed E-state index contributed by atoms with van der Waals surface area (Å²) in [6.07, 6.45) is 1.40. The Morgan fingerprint density at radius 2 is 1.84 bits per heavy atom. The fourth-order valence-electron chi connectivity index (χ4n) is 3.77. The average molecular weight is 521 g/mol. The molecule has 0 saturated carbocycles. The predicted molar refractivity (Wildman–Crippen MR) is 129 cm³/mol. The first-order valence-electron chi connectivity index (χ1n) is 10.2. The van der Waals surface area contributed by atoms with Crippen molar-refractivity contribution < 1.29 is 13.2 Å². The van der Waals surface area contributed by atoms with E-state index >= 15 is 0 Å². The Bertz CT molecular complexity index is 1050. The van der Waals surface area contributed by atoms with Crippen molar-refractivity contribution >= 4 is 56.3 Å². The molecule has 0 spiro atoms. The minimum absolute atomic E-state index is 0.0638. The number of halogens is 2.